The monoisotopic (exact) mass is 372 g/mol. The maximum Gasteiger partial charge on any atom is 0.340 e. The first-order valence-electron chi connectivity index (χ1n) is 8.98. The van der Waals surface area contributed by atoms with Crippen molar-refractivity contribution in [2.45, 2.75) is 55.0 Å². The Morgan fingerprint density at radius 2 is 1.92 bits per heavy atom. The number of hydrogen-bond acceptors (Lipinski definition) is 5. The molecule has 1 saturated heterocycles. The minimum Gasteiger partial charge on any atom is -0.455 e. The minimum absolute atomic E-state index is 0.254. The Morgan fingerprint density at radius 1 is 1.23 bits per heavy atom. The van der Waals surface area contributed by atoms with Crippen LogP contribution in [-0.2, 0) is 19.1 Å². The van der Waals surface area contributed by atoms with Crippen LogP contribution in [0.15, 0.2) is 46.9 Å². The zero-order chi connectivity index (χ0) is 18.8. The number of allylic oxidation sites excluding steroid dienone is 1. The largest absolute Gasteiger partial charge is 0.455 e. The summed E-state index contributed by atoms with van der Waals surface area (Å²) in [5.74, 6) is -0.303. The number of carbonyl (C=O) groups excluding carboxylic acids is 2. The molecule has 0 amide bonds. The number of esters is 1. The second kappa shape index (κ2) is 5.46. The summed E-state index contributed by atoms with van der Waals surface area (Å²) < 4.78 is 12.1. The molecule has 2 aliphatic carbocycles. The predicted molar refractivity (Wildman–Crippen MR) is 99.9 cm³/mol. The summed E-state index contributed by atoms with van der Waals surface area (Å²) in [5.41, 5.74) is -2.30. The van der Waals surface area contributed by atoms with Gasteiger partial charge in [0.1, 0.15) is 11.9 Å². The molecule has 1 aromatic carbocycles. The number of hydrogen-bond donors (Lipinski definition) is 0. The Labute approximate surface area is 158 Å². The van der Waals surface area contributed by atoms with Crippen LogP contribution in [-0.4, -0.2) is 35.8 Å². The van der Waals surface area contributed by atoms with Crippen molar-refractivity contribution in [2.24, 2.45) is 10.8 Å². The second-order valence-corrected chi connectivity index (χ2v) is 9.29. The molecule has 3 aliphatic rings. The summed E-state index contributed by atoms with van der Waals surface area (Å²) >= 11 is 1.62. The fraction of sp³-hybridized carbons (Fsp3) is 0.524. The molecule has 1 heterocycles. The van der Waals surface area contributed by atoms with Crippen LogP contribution in [0, 0.1) is 10.8 Å². The number of benzene rings is 1. The molecule has 0 unspecified atom stereocenters. The number of thioether (sulfide) groups is 1. The lowest BCUT2D eigenvalue weighted by Crippen LogP contribution is -2.59. The Kier molecular flexibility index (Phi) is 3.74. The maximum absolute atomic E-state index is 13.1. The quantitative estimate of drug-likeness (QED) is 0.594. The van der Waals surface area contributed by atoms with E-state index in [1.54, 1.807) is 18.9 Å². The first-order chi connectivity index (χ1) is 12.3. The van der Waals surface area contributed by atoms with Crippen LogP contribution in [0.3, 0.4) is 0 Å². The van der Waals surface area contributed by atoms with E-state index in [0.717, 1.165) is 23.2 Å². The van der Waals surface area contributed by atoms with E-state index in [2.05, 4.69) is 20.8 Å². The van der Waals surface area contributed by atoms with Gasteiger partial charge in [0.25, 0.3) is 0 Å². The molecule has 0 aromatic heterocycles. The van der Waals surface area contributed by atoms with Crippen molar-refractivity contribution in [1.82, 2.24) is 0 Å². The molecule has 1 aliphatic heterocycles. The van der Waals surface area contributed by atoms with Crippen molar-refractivity contribution in [3.05, 3.63) is 42.0 Å². The highest BCUT2D eigenvalue weighted by Crippen LogP contribution is 2.76. The third kappa shape index (κ3) is 1.67. The zero-order valence-corrected chi connectivity index (χ0v) is 16.4. The van der Waals surface area contributed by atoms with Crippen molar-refractivity contribution < 1.29 is 19.1 Å². The van der Waals surface area contributed by atoms with E-state index in [9.17, 15) is 9.59 Å². The number of methoxy groups -OCH3 is 1. The lowest BCUT2D eigenvalue weighted by molar-refractivity contribution is -0.182. The molecule has 2 fully saturated rings. The summed E-state index contributed by atoms with van der Waals surface area (Å²) in [7, 11) is 1.59. The SMILES string of the molecule is CO[C@@]12C(=O)O[C@]3(CCC=C(C=O)[C@@]3(C)[C@@H]1Sc1ccccc1)C2(C)C. The summed E-state index contributed by atoms with van der Waals surface area (Å²) in [5, 5.41) is -0.254. The first-order valence-corrected chi connectivity index (χ1v) is 9.86. The van der Waals surface area contributed by atoms with Crippen molar-refractivity contribution in [2.75, 3.05) is 7.11 Å². The van der Waals surface area contributed by atoms with Crippen molar-refractivity contribution in [1.29, 1.82) is 0 Å². The van der Waals surface area contributed by atoms with Crippen LogP contribution in [0.4, 0.5) is 0 Å². The maximum atomic E-state index is 13.1. The van der Waals surface area contributed by atoms with E-state index in [-0.39, 0.29) is 11.2 Å². The number of rotatable bonds is 4. The lowest BCUT2D eigenvalue weighted by Gasteiger charge is -2.51. The van der Waals surface area contributed by atoms with Gasteiger partial charge in [-0.2, -0.15) is 0 Å². The van der Waals surface area contributed by atoms with Crippen molar-refractivity contribution in [3.8, 4) is 0 Å². The third-order valence-electron chi connectivity index (χ3n) is 7.15. The summed E-state index contributed by atoms with van der Waals surface area (Å²) in [4.78, 5) is 26.2. The van der Waals surface area contributed by atoms with E-state index in [4.69, 9.17) is 9.47 Å². The topological polar surface area (TPSA) is 52.6 Å². The van der Waals surface area contributed by atoms with Gasteiger partial charge in [-0.1, -0.05) is 45.0 Å². The fourth-order valence-electron chi connectivity index (χ4n) is 5.83. The molecule has 4 nitrogen and oxygen atoms in total. The van der Waals surface area contributed by atoms with Crippen LogP contribution < -0.4 is 0 Å². The highest BCUT2D eigenvalue weighted by Gasteiger charge is 2.88. The van der Waals surface area contributed by atoms with Gasteiger partial charge in [-0.15, -0.1) is 11.8 Å². The highest BCUT2D eigenvalue weighted by molar-refractivity contribution is 8.00. The Bertz CT molecular complexity index is 801. The molecule has 1 spiro atoms. The predicted octanol–water partition coefficient (Wildman–Crippen LogP) is 3.79. The average molecular weight is 372 g/mol. The minimum atomic E-state index is -1.10. The van der Waals surface area contributed by atoms with Crippen LogP contribution in [0.25, 0.3) is 0 Å². The molecule has 26 heavy (non-hydrogen) atoms. The van der Waals surface area contributed by atoms with Crippen LogP contribution in [0.2, 0.25) is 0 Å². The Hall–Kier alpha value is -1.59. The molecule has 4 rings (SSSR count). The van der Waals surface area contributed by atoms with Gasteiger partial charge in [-0.05, 0) is 30.5 Å². The van der Waals surface area contributed by atoms with Crippen LogP contribution in [0.5, 0.6) is 0 Å². The summed E-state index contributed by atoms with van der Waals surface area (Å²) in [6.45, 7) is 6.18. The first kappa shape index (κ1) is 17.8. The lowest BCUT2D eigenvalue weighted by atomic mass is 9.59. The zero-order valence-electron chi connectivity index (χ0n) is 15.6. The number of ether oxygens (including phenoxy) is 2. The standard InChI is InChI=1S/C21H24O4S/c1-18(2)20-12-8-9-14(13-22)19(20,3)16(21(18,24-4)17(23)25-20)26-15-10-6-5-7-11-15/h5-7,9-11,13,16H,8,12H2,1-4H3/t16-,19-,20+,21+/m0/s1. The summed E-state index contributed by atoms with van der Waals surface area (Å²) in [6.07, 6.45) is 4.37. The van der Waals surface area contributed by atoms with E-state index in [1.807, 2.05) is 36.4 Å². The van der Waals surface area contributed by atoms with Gasteiger partial charge in [-0.25, -0.2) is 4.79 Å². The molecule has 0 N–H and O–H groups in total. The van der Waals surface area contributed by atoms with Crippen molar-refractivity contribution >= 4 is 24.0 Å². The van der Waals surface area contributed by atoms with Gasteiger partial charge >= 0.3 is 5.97 Å². The Balaban J connectivity index is 1.97. The van der Waals surface area contributed by atoms with Crippen LogP contribution >= 0.6 is 11.8 Å². The van der Waals surface area contributed by atoms with Crippen LogP contribution in [0.1, 0.15) is 33.6 Å². The summed E-state index contributed by atoms with van der Waals surface area (Å²) in [6, 6.07) is 9.99. The molecule has 2 bridgehead atoms. The van der Waals surface area contributed by atoms with Gasteiger partial charge in [0.15, 0.2) is 5.60 Å². The smallest absolute Gasteiger partial charge is 0.340 e. The molecule has 5 heteroatoms. The molecular weight excluding hydrogens is 348 g/mol. The molecule has 1 saturated carbocycles. The second-order valence-electron chi connectivity index (χ2n) is 8.11. The molecular formula is C21H24O4S. The van der Waals surface area contributed by atoms with Gasteiger partial charge in [-0.3, -0.25) is 4.79 Å². The molecule has 0 radical (unpaired) electrons. The van der Waals surface area contributed by atoms with E-state index in [1.165, 1.54) is 0 Å². The number of aldehydes is 1. The van der Waals surface area contributed by atoms with E-state index in [0.29, 0.717) is 6.42 Å². The Morgan fingerprint density at radius 3 is 2.54 bits per heavy atom. The van der Waals surface area contributed by atoms with E-state index >= 15 is 0 Å². The normalized spacial score (nSPS) is 39.9. The van der Waals surface area contributed by atoms with Gasteiger partial charge in [0.2, 0.25) is 0 Å². The van der Waals surface area contributed by atoms with E-state index < -0.39 is 22.0 Å². The average Bonchev–Trinajstić information content (AvgIpc) is 2.87. The fourth-order valence-corrected chi connectivity index (χ4v) is 7.63. The van der Waals surface area contributed by atoms with Gasteiger partial charge < -0.3 is 9.47 Å². The van der Waals surface area contributed by atoms with Gasteiger partial charge in [0.05, 0.1) is 10.7 Å². The third-order valence-corrected chi connectivity index (χ3v) is 8.73. The molecule has 1 aromatic rings. The molecule has 138 valence electrons. The number of carbonyl (C=O) groups is 2. The molecule has 4 atom stereocenters. The van der Waals surface area contributed by atoms with Crippen molar-refractivity contribution in [3.63, 3.8) is 0 Å². The number of fused-ring (bicyclic) bond motifs is 1. The van der Waals surface area contributed by atoms with Gasteiger partial charge in [0, 0.05) is 17.4 Å². The highest BCUT2D eigenvalue weighted by atomic mass is 32.2.